The molecule has 0 bridgehead atoms. The summed E-state index contributed by atoms with van der Waals surface area (Å²) in [5.74, 6) is -2.80. The van der Waals surface area contributed by atoms with E-state index >= 15 is 0 Å². The predicted octanol–water partition coefficient (Wildman–Crippen LogP) is 3.26. The smallest absolute Gasteiger partial charge is 0.414 e. The second kappa shape index (κ2) is 12.6. The van der Waals surface area contributed by atoms with Crippen LogP contribution in [0.2, 0.25) is 0 Å². The third-order valence-electron chi connectivity index (χ3n) is 6.13. The minimum atomic E-state index is -1.82. The van der Waals surface area contributed by atoms with Crippen LogP contribution in [0.15, 0.2) is 79.1 Å². The molecule has 0 unspecified atom stereocenters. The standard InChI is InChI=1S/C25H28N4O.C2H2O4/c1-21(30)29(23-11-6-3-7-12-23)25(19-24-26-15-8-16-27-24)13-17-28(18-14-25)20-22-9-4-2-5-10-22;3-1(4)2(5)6/h2-12,15-16H,13-14,17-20H2,1H3;(H,3,4)(H,5,6). The Hall–Kier alpha value is -4.11. The van der Waals surface area contributed by atoms with Gasteiger partial charge in [-0.25, -0.2) is 19.6 Å². The Morgan fingerprint density at radius 3 is 1.89 bits per heavy atom. The molecule has 2 N–H and O–H groups in total. The lowest BCUT2D eigenvalue weighted by Gasteiger charge is -2.48. The van der Waals surface area contributed by atoms with Gasteiger partial charge in [-0.15, -0.1) is 0 Å². The van der Waals surface area contributed by atoms with E-state index in [9.17, 15) is 4.79 Å². The van der Waals surface area contributed by atoms with Crippen LogP contribution in [0.4, 0.5) is 5.69 Å². The van der Waals surface area contributed by atoms with Crippen molar-refractivity contribution in [1.82, 2.24) is 14.9 Å². The summed E-state index contributed by atoms with van der Waals surface area (Å²) in [7, 11) is 0. The number of anilines is 1. The number of aromatic nitrogens is 2. The van der Waals surface area contributed by atoms with Crippen molar-refractivity contribution in [1.29, 1.82) is 0 Å². The van der Waals surface area contributed by atoms with Crippen LogP contribution in [0.3, 0.4) is 0 Å². The molecule has 1 aliphatic rings. The summed E-state index contributed by atoms with van der Waals surface area (Å²) in [6.07, 6.45) is 5.98. The van der Waals surface area contributed by atoms with Crippen LogP contribution >= 0.6 is 0 Å². The molecule has 2 heterocycles. The van der Waals surface area contributed by atoms with Crippen LogP contribution in [-0.4, -0.2) is 61.6 Å². The van der Waals surface area contributed by atoms with E-state index in [0.29, 0.717) is 6.42 Å². The summed E-state index contributed by atoms with van der Waals surface area (Å²) < 4.78 is 0. The Morgan fingerprint density at radius 1 is 0.861 bits per heavy atom. The number of benzene rings is 2. The Morgan fingerprint density at radius 2 is 1.39 bits per heavy atom. The van der Waals surface area contributed by atoms with E-state index in [2.05, 4.69) is 45.2 Å². The van der Waals surface area contributed by atoms with Crippen LogP contribution in [0.1, 0.15) is 31.2 Å². The van der Waals surface area contributed by atoms with Gasteiger partial charge in [0.1, 0.15) is 5.82 Å². The summed E-state index contributed by atoms with van der Waals surface area (Å²) >= 11 is 0. The highest BCUT2D eigenvalue weighted by atomic mass is 16.4. The van der Waals surface area contributed by atoms with Gasteiger partial charge in [0.2, 0.25) is 5.91 Å². The van der Waals surface area contributed by atoms with Crippen molar-refractivity contribution in [2.45, 2.75) is 38.3 Å². The first kappa shape index (κ1) is 26.5. The topological polar surface area (TPSA) is 124 Å². The van der Waals surface area contributed by atoms with Gasteiger partial charge in [-0.3, -0.25) is 9.69 Å². The van der Waals surface area contributed by atoms with Crippen LogP contribution in [0, 0.1) is 0 Å². The second-order valence-electron chi connectivity index (χ2n) is 8.63. The van der Waals surface area contributed by atoms with E-state index in [1.165, 1.54) is 5.56 Å². The molecule has 1 fully saturated rings. The summed E-state index contributed by atoms with van der Waals surface area (Å²) in [4.78, 5) is 44.5. The number of carboxylic acids is 2. The first-order valence-electron chi connectivity index (χ1n) is 11.6. The van der Waals surface area contributed by atoms with E-state index in [0.717, 1.165) is 44.0 Å². The Labute approximate surface area is 210 Å². The molecule has 4 rings (SSSR count). The van der Waals surface area contributed by atoms with Gasteiger partial charge in [-0.1, -0.05) is 48.5 Å². The summed E-state index contributed by atoms with van der Waals surface area (Å²) in [5.41, 5.74) is 1.93. The molecular weight excluding hydrogens is 460 g/mol. The summed E-state index contributed by atoms with van der Waals surface area (Å²) in [6.45, 7) is 4.46. The maximum Gasteiger partial charge on any atom is 0.414 e. The van der Waals surface area contributed by atoms with Crippen LogP contribution < -0.4 is 4.90 Å². The fourth-order valence-corrected chi connectivity index (χ4v) is 4.53. The van der Waals surface area contributed by atoms with Crippen LogP contribution in [-0.2, 0) is 27.3 Å². The molecule has 0 radical (unpaired) electrons. The summed E-state index contributed by atoms with van der Waals surface area (Å²) in [6, 6.07) is 22.4. The number of likely N-dealkylation sites (tertiary alicyclic amines) is 1. The number of amides is 1. The normalized spacial score (nSPS) is 14.7. The molecule has 1 amide bonds. The molecule has 0 aliphatic carbocycles. The number of para-hydroxylation sites is 1. The Kier molecular flexibility index (Phi) is 9.24. The molecule has 36 heavy (non-hydrogen) atoms. The van der Waals surface area contributed by atoms with Crippen molar-refractivity contribution in [3.63, 3.8) is 0 Å². The van der Waals surface area contributed by atoms with Crippen molar-refractivity contribution >= 4 is 23.5 Å². The molecular formula is C27H30N4O5. The average molecular weight is 491 g/mol. The first-order valence-corrected chi connectivity index (χ1v) is 11.6. The Balaban J connectivity index is 0.000000538. The van der Waals surface area contributed by atoms with E-state index in [1.54, 1.807) is 19.3 Å². The molecule has 188 valence electrons. The molecule has 3 aromatic rings. The number of carbonyl (C=O) groups excluding carboxylic acids is 1. The molecule has 2 aromatic carbocycles. The van der Waals surface area contributed by atoms with E-state index in [-0.39, 0.29) is 11.4 Å². The Bertz CT molecular complexity index is 1120. The van der Waals surface area contributed by atoms with Crippen LogP contribution in [0.5, 0.6) is 0 Å². The van der Waals surface area contributed by atoms with Gasteiger partial charge < -0.3 is 15.1 Å². The zero-order valence-corrected chi connectivity index (χ0v) is 20.2. The van der Waals surface area contributed by atoms with Crippen molar-refractivity contribution in [3.8, 4) is 0 Å². The quantitative estimate of drug-likeness (QED) is 0.505. The van der Waals surface area contributed by atoms with Crippen LogP contribution in [0.25, 0.3) is 0 Å². The third-order valence-corrected chi connectivity index (χ3v) is 6.13. The van der Waals surface area contributed by atoms with Gasteiger partial charge in [0.25, 0.3) is 0 Å². The van der Waals surface area contributed by atoms with Gasteiger partial charge >= 0.3 is 11.9 Å². The first-order chi connectivity index (χ1) is 17.3. The lowest BCUT2D eigenvalue weighted by molar-refractivity contribution is -0.159. The number of carboxylic acid groups (broad SMARTS) is 2. The monoisotopic (exact) mass is 490 g/mol. The number of hydrogen-bond donors (Lipinski definition) is 2. The predicted molar refractivity (Wildman–Crippen MR) is 134 cm³/mol. The molecule has 0 saturated carbocycles. The number of carbonyl (C=O) groups is 3. The van der Waals surface area contributed by atoms with Gasteiger partial charge in [-0.2, -0.15) is 0 Å². The third kappa shape index (κ3) is 7.19. The van der Waals surface area contributed by atoms with Gasteiger partial charge in [0.05, 0.1) is 5.54 Å². The van der Waals surface area contributed by atoms with E-state index < -0.39 is 11.9 Å². The van der Waals surface area contributed by atoms with Gasteiger partial charge in [0.15, 0.2) is 0 Å². The van der Waals surface area contributed by atoms with E-state index in [1.807, 2.05) is 41.3 Å². The highest BCUT2D eigenvalue weighted by molar-refractivity contribution is 6.27. The lowest BCUT2D eigenvalue weighted by Crippen LogP contribution is -2.58. The average Bonchev–Trinajstić information content (AvgIpc) is 2.87. The molecule has 1 aliphatic heterocycles. The van der Waals surface area contributed by atoms with Crippen molar-refractivity contribution in [3.05, 3.63) is 90.5 Å². The minimum Gasteiger partial charge on any atom is -0.473 e. The van der Waals surface area contributed by atoms with Gasteiger partial charge in [0, 0.05) is 51.1 Å². The largest absolute Gasteiger partial charge is 0.473 e. The molecule has 1 aromatic heterocycles. The van der Waals surface area contributed by atoms with Crippen molar-refractivity contribution in [2.24, 2.45) is 0 Å². The summed E-state index contributed by atoms with van der Waals surface area (Å²) in [5, 5.41) is 14.8. The zero-order valence-electron chi connectivity index (χ0n) is 20.2. The number of aliphatic carboxylic acids is 2. The molecule has 1 saturated heterocycles. The molecule has 0 atom stereocenters. The van der Waals surface area contributed by atoms with Crippen molar-refractivity contribution < 1.29 is 24.6 Å². The minimum absolute atomic E-state index is 0.0636. The number of hydrogen-bond acceptors (Lipinski definition) is 6. The highest BCUT2D eigenvalue weighted by Gasteiger charge is 2.43. The lowest BCUT2D eigenvalue weighted by atomic mass is 9.81. The number of nitrogens with zero attached hydrogens (tertiary/aromatic N) is 4. The SMILES string of the molecule is CC(=O)N(c1ccccc1)C1(Cc2ncccn2)CCN(Cc2ccccc2)CC1.O=C(O)C(=O)O. The van der Waals surface area contributed by atoms with Gasteiger partial charge in [-0.05, 0) is 36.6 Å². The number of piperidine rings is 1. The van der Waals surface area contributed by atoms with E-state index in [4.69, 9.17) is 19.8 Å². The maximum absolute atomic E-state index is 12.9. The fraction of sp³-hybridized carbons (Fsp3) is 0.296. The molecule has 0 spiro atoms. The molecule has 9 nitrogen and oxygen atoms in total. The number of rotatable bonds is 6. The maximum atomic E-state index is 12.9. The highest BCUT2D eigenvalue weighted by Crippen LogP contribution is 2.36. The molecule has 9 heteroatoms. The van der Waals surface area contributed by atoms with Crippen molar-refractivity contribution in [2.75, 3.05) is 18.0 Å². The zero-order chi connectivity index (χ0) is 26.0. The fourth-order valence-electron chi connectivity index (χ4n) is 4.53. The second-order valence-corrected chi connectivity index (χ2v) is 8.63.